The summed E-state index contributed by atoms with van der Waals surface area (Å²) in [7, 11) is 1.56. The Morgan fingerprint density at radius 3 is 2.67 bits per heavy atom. The summed E-state index contributed by atoms with van der Waals surface area (Å²) in [6.45, 7) is 2.17. The van der Waals surface area contributed by atoms with E-state index < -0.39 is 17.2 Å². The molecular weight excluding hydrogens is 394 g/mol. The monoisotopic (exact) mass is 407 g/mol. The summed E-state index contributed by atoms with van der Waals surface area (Å²) in [5, 5.41) is 9.97. The zero-order valence-corrected chi connectivity index (χ0v) is 15.9. The zero-order chi connectivity index (χ0) is 19.7. The average Bonchev–Trinajstić information content (AvgIpc) is 3.03. The van der Waals surface area contributed by atoms with Gasteiger partial charge in [-0.1, -0.05) is 11.6 Å². The van der Waals surface area contributed by atoms with E-state index in [0.717, 1.165) is 11.3 Å². The van der Waals surface area contributed by atoms with Crippen LogP contribution in [0.2, 0.25) is 5.02 Å². The number of hydrogen-bond donors (Lipinski definition) is 1. The Morgan fingerprint density at radius 1 is 1.26 bits per heavy atom. The highest BCUT2D eigenvalue weighted by molar-refractivity contribution is 7.22. The minimum atomic E-state index is -1.37. The number of rotatable bonds is 5. The van der Waals surface area contributed by atoms with Crippen molar-refractivity contribution in [2.75, 3.05) is 18.6 Å². The predicted molar refractivity (Wildman–Crippen MR) is 103 cm³/mol. The van der Waals surface area contributed by atoms with Crippen LogP contribution in [0.4, 0.5) is 5.00 Å². The highest BCUT2D eigenvalue weighted by Crippen LogP contribution is 2.34. The Morgan fingerprint density at radius 2 is 2.00 bits per heavy atom. The van der Waals surface area contributed by atoms with E-state index in [1.165, 1.54) is 17.0 Å². The first kappa shape index (κ1) is 18.9. The molecule has 0 radical (unpaired) electrons. The van der Waals surface area contributed by atoms with Gasteiger partial charge in [0.25, 0.3) is 5.91 Å². The van der Waals surface area contributed by atoms with E-state index in [-0.39, 0.29) is 11.5 Å². The molecule has 2 heterocycles. The molecule has 0 unspecified atom stereocenters. The van der Waals surface area contributed by atoms with E-state index in [1.807, 2.05) is 0 Å². The number of benzene rings is 1. The minimum absolute atomic E-state index is 0.214. The first-order valence-electron chi connectivity index (χ1n) is 7.83. The lowest BCUT2D eigenvalue weighted by Crippen LogP contribution is -2.25. The number of nitrogens with zero attached hydrogens (tertiary/aromatic N) is 1. The van der Waals surface area contributed by atoms with Crippen LogP contribution in [0.5, 0.6) is 5.75 Å². The molecule has 0 aliphatic rings. The molecule has 0 spiro atoms. The molecule has 0 saturated heterocycles. The van der Waals surface area contributed by atoms with Crippen LogP contribution < -0.4 is 15.3 Å². The highest BCUT2D eigenvalue weighted by Gasteiger charge is 2.22. The van der Waals surface area contributed by atoms with Crippen molar-refractivity contribution >= 4 is 50.1 Å². The smallest absolute Gasteiger partial charge is 0.351 e. The first-order valence-corrected chi connectivity index (χ1v) is 9.02. The van der Waals surface area contributed by atoms with Crippen molar-refractivity contribution in [1.29, 1.82) is 0 Å². The Bertz CT molecular complexity index is 1100. The van der Waals surface area contributed by atoms with Crippen LogP contribution in [0, 0.1) is 0 Å². The van der Waals surface area contributed by atoms with Gasteiger partial charge in [0, 0.05) is 18.1 Å². The van der Waals surface area contributed by atoms with Gasteiger partial charge in [0.05, 0.1) is 16.9 Å². The fraction of sp³-hybridized carbons (Fsp3) is 0.167. The van der Waals surface area contributed by atoms with Gasteiger partial charge in [-0.05, 0) is 31.2 Å². The summed E-state index contributed by atoms with van der Waals surface area (Å²) in [5.41, 5.74) is -0.856. The van der Waals surface area contributed by atoms with Gasteiger partial charge in [0.2, 0.25) is 0 Å². The van der Waals surface area contributed by atoms with Gasteiger partial charge in [-0.2, -0.15) is 0 Å². The third-order valence-electron chi connectivity index (χ3n) is 3.75. The topological polar surface area (TPSA) is 97.0 Å². The molecule has 2 aromatic heterocycles. The molecule has 0 saturated carbocycles. The number of hydrogen-bond acceptors (Lipinski definition) is 6. The number of ether oxygens (including phenoxy) is 1. The molecule has 0 fully saturated rings. The molecule has 140 valence electrons. The van der Waals surface area contributed by atoms with Crippen LogP contribution in [0.25, 0.3) is 10.3 Å². The minimum Gasteiger partial charge on any atom is -0.493 e. The second kappa shape index (κ2) is 7.42. The molecule has 0 aliphatic heterocycles. The third-order valence-corrected chi connectivity index (χ3v) is 5.12. The van der Waals surface area contributed by atoms with Crippen molar-refractivity contribution in [3.63, 3.8) is 0 Å². The first-order chi connectivity index (χ1) is 12.8. The lowest BCUT2D eigenvalue weighted by atomic mass is 10.1. The summed E-state index contributed by atoms with van der Waals surface area (Å²) >= 11 is 7.10. The van der Waals surface area contributed by atoms with Crippen LogP contribution >= 0.6 is 22.9 Å². The van der Waals surface area contributed by atoms with Crippen LogP contribution in [-0.2, 0) is 0 Å². The predicted octanol–water partition coefficient (Wildman–Crippen LogP) is 3.88. The fourth-order valence-electron chi connectivity index (χ4n) is 2.44. The van der Waals surface area contributed by atoms with Crippen molar-refractivity contribution in [3.8, 4) is 5.75 Å². The van der Waals surface area contributed by atoms with Crippen LogP contribution in [0.15, 0.2) is 39.5 Å². The van der Waals surface area contributed by atoms with Gasteiger partial charge in [-0.15, -0.1) is 11.3 Å². The van der Waals surface area contributed by atoms with Crippen molar-refractivity contribution < 1.29 is 23.8 Å². The quantitative estimate of drug-likeness (QED) is 0.689. The summed E-state index contributed by atoms with van der Waals surface area (Å²) in [6, 6.07) is 7.48. The largest absolute Gasteiger partial charge is 0.493 e. The molecule has 1 aromatic carbocycles. The molecule has 0 bridgehead atoms. The molecule has 0 atom stereocenters. The van der Waals surface area contributed by atoms with E-state index in [4.69, 9.17) is 25.9 Å². The van der Waals surface area contributed by atoms with Crippen LogP contribution in [0.1, 0.15) is 27.6 Å². The maximum Gasteiger partial charge on any atom is 0.351 e. The lowest BCUT2D eigenvalue weighted by molar-refractivity contribution is 0.0692. The lowest BCUT2D eigenvalue weighted by Gasteiger charge is -2.17. The summed E-state index contributed by atoms with van der Waals surface area (Å²) < 4.78 is 11.0. The maximum absolute atomic E-state index is 12.9. The zero-order valence-electron chi connectivity index (χ0n) is 14.3. The standard InChI is InChI=1S/C18H14ClNO6S/c1-3-25-12-6-9(19)4-5-10(12)16(21)20(2)15-8-13-14(27-15)7-11(17(22)23)18(24)26-13/h4-8H,3H2,1-2H3,(H,22,23). The molecule has 1 amide bonds. The number of carbonyl (C=O) groups is 2. The second-order valence-corrected chi connectivity index (χ2v) is 7.00. The Kier molecular flexibility index (Phi) is 5.20. The molecule has 9 heteroatoms. The fourth-order valence-corrected chi connectivity index (χ4v) is 3.59. The normalized spacial score (nSPS) is 10.8. The van der Waals surface area contributed by atoms with E-state index in [0.29, 0.717) is 32.6 Å². The number of anilines is 1. The molecule has 3 aromatic rings. The second-order valence-electron chi connectivity index (χ2n) is 5.50. The molecule has 27 heavy (non-hydrogen) atoms. The Hall–Kier alpha value is -2.84. The van der Waals surface area contributed by atoms with Crippen LogP contribution in [-0.4, -0.2) is 30.6 Å². The molecular formula is C18H14ClNO6S. The maximum atomic E-state index is 12.9. The van der Waals surface area contributed by atoms with E-state index in [2.05, 4.69) is 0 Å². The van der Waals surface area contributed by atoms with Crippen LogP contribution in [0.3, 0.4) is 0 Å². The Labute approximate surface area is 162 Å². The number of amides is 1. The van der Waals surface area contributed by atoms with Crippen molar-refractivity contribution in [1.82, 2.24) is 0 Å². The van der Waals surface area contributed by atoms with E-state index in [1.54, 1.807) is 32.2 Å². The van der Waals surface area contributed by atoms with Gasteiger partial charge in [-0.25, -0.2) is 9.59 Å². The number of halogens is 1. The number of fused-ring (bicyclic) bond motifs is 1. The molecule has 0 aliphatic carbocycles. The van der Waals surface area contributed by atoms with Gasteiger partial charge in [0.15, 0.2) is 5.58 Å². The summed E-state index contributed by atoms with van der Waals surface area (Å²) in [6.07, 6.45) is 0. The average molecular weight is 408 g/mol. The van der Waals surface area contributed by atoms with Crippen molar-refractivity contribution in [2.45, 2.75) is 6.92 Å². The van der Waals surface area contributed by atoms with E-state index >= 15 is 0 Å². The number of carbonyl (C=O) groups excluding carboxylic acids is 1. The van der Waals surface area contributed by atoms with Gasteiger partial charge >= 0.3 is 11.6 Å². The summed E-state index contributed by atoms with van der Waals surface area (Å²) in [5.74, 6) is -1.35. The number of carboxylic acids is 1. The SMILES string of the molecule is CCOc1cc(Cl)ccc1C(=O)N(C)c1cc2oc(=O)c(C(=O)O)cc2s1. The molecule has 7 nitrogen and oxygen atoms in total. The Balaban J connectivity index is 2.00. The van der Waals surface area contributed by atoms with Gasteiger partial charge in [0.1, 0.15) is 16.3 Å². The molecule has 3 rings (SSSR count). The third kappa shape index (κ3) is 3.67. The van der Waals surface area contributed by atoms with Gasteiger partial charge < -0.3 is 19.2 Å². The van der Waals surface area contributed by atoms with Gasteiger partial charge in [-0.3, -0.25) is 4.79 Å². The van der Waals surface area contributed by atoms with Crippen molar-refractivity contribution in [3.05, 3.63) is 56.9 Å². The number of aromatic carboxylic acids is 1. The highest BCUT2D eigenvalue weighted by atomic mass is 35.5. The number of thiophene rings is 1. The van der Waals surface area contributed by atoms with Crippen molar-refractivity contribution in [2.24, 2.45) is 0 Å². The summed E-state index contributed by atoms with van der Waals surface area (Å²) in [4.78, 5) is 37.1. The molecule has 1 N–H and O–H groups in total. The van der Waals surface area contributed by atoms with E-state index in [9.17, 15) is 14.4 Å². The number of carboxylic acid groups (broad SMARTS) is 1.